The fourth-order valence-corrected chi connectivity index (χ4v) is 1.38. The number of likely N-dealkylation sites (N-methyl/N-ethyl adjacent to an activating group) is 1. The number of carbonyl (C=O) groups excluding carboxylic acids is 1. The number of amides is 1. The third kappa shape index (κ3) is 3.06. The Hall–Kier alpha value is -1.37. The number of carbonyl (C=O) groups is 1. The third-order valence-electron chi connectivity index (χ3n) is 1.96. The largest absolute Gasteiger partial charge is 0.358 e. The second kappa shape index (κ2) is 5.64. The number of rotatable bonds is 4. The van der Waals surface area contributed by atoms with Gasteiger partial charge in [-0.2, -0.15) is 4.98 Å². The maximum absolute atomic E-state index is 11.3. The van der Waals surface area contributed by atoms with Gasteiger partial charge in [-0.3, -0.25) is 4.79 Å². The van der Waals surface area contributed by atoms with Gasteiger partial charge in [-0.05, 0) is 22.9 Å². The minimum Gasteiger partial charge on any atom is -0.358 e. The summed E-state index contributed by atoms with van der Waals surface area (Å²) >= 11 is 3.31. The van der Waals surface area contributed by atoms with Gasteiger partial charge in [0.2, 0.25) is 11.9 Å². The van der Waals surface area contributed by atoms with Gasteiger partial charge >= 0.3 is 0 Å². The lowest BCUT2D eigenvalue weighted by atomic mass is 10.3. The number of anilines is 2. The predicted molar refractivity (Wildman–Crippen MR) is 66.4 cm³/mol. The van der Waals surface area contributed by atoms with Crippen molar-refractivity contribution in [2.75, 3.05) is 24.7 Å². The molecule has 1 aromatic rings. The molecule has 0 bridgehead atoms. The lowest BCUT2D eigenvalue weighted by Crippen LogP contribution is -2.35. The van der Waals surface area contributed by atoms with Gasteiger partial charge in [-0.1, -0.05) is 0 Å². The Bertz CT molecular complexity index is 384. The second-order valence-electron chi connectivity index (χ2n) is 3.12. The Morgan fingerprint density at radius 3 is 2.75 bits per heavy atom. The molecule has 1 unspecified atom stereocenters. The van der Waals surface area contributed by atoms with Crippen LogP contribution in [0.1, 0.15) is 6.92 Å². The Balaban J connectivity index is 2.83. The number of hydrogen-bond donors (Lipinski definition) is 3. The summed E-state index contributed by atoms with van der Waals surface area (Å²) in [6.07, 6.45) is 1.62. The van der Waals surface area contributed by atoms with E-state index < -0.39 is 0 Å². The highest BCUT2D eigenvalue weighted by Crippen LogP contribution is 2.20. The highest BCUT2D eigenvalue weighted by atomic mass is 79.9. The number of aromatic nitrogens is 2. The van der Waals surface area contributed by atoms with E-state index in [0.717, 1.165) is 0 Å². The van der Waals surface area contributed by atoms with Gasteiger partial charge in [0.05, 0.1) is 4.47 Å². The number of halogens is 1. The Kier molecular flexibility index (Phi) is 4.48. The zero-order valence-electron chi connectivity index (χ0n) is 9.34. The molecule has 0 aliphatic rings. The first-order valence-corrected chi connectivity index (χ1v) is 5.56. The van der Waals surface area contributed by atoms with Gasteiger partial charge in [0.1, 0.15) is 11.9 Å². The van der Waals surface area contributed by atoms with E-state index in [1.165, 1.54) is 0 Å². The molecule has 6 nitrogen and oxygen atoms in total. The molecule has 0 aromatic carbocycles. The van der Waals surface area contributed by atoms with E-state index in [9.17, 15) is 4.79 Å². The van der Waals surface area contributed by atoms with Gasteiger partial charge in [0.15, 0.2) is 0 Å². The van der Waals surface area contributed by atoms with Crippen molar-refractivity contribution in [3.8, 4) is 0 Å². The molecule has 7 heteroatoms. The van der Waals surface area contributed by atoms with Crippen molar-refractivity contribution >= 4 is 33.6 Å². The minimum absolute atomic E-state index is 0.100. The molecule has 0 spiro atoms. The number of nitrogens with one attached hydrogen (secondary N) is 3. The molecular formula is C9H14BrN5O. The first kappa shape index (κ1) is 12.7. The molecule has 0 aliphatic carbocycles. The summed E-state index contributed by atoms with van der Waals surface area (Å²) in [6, 6.07) is -0.360. The molecule has 3 N–H and O–H groups in total. The van der Waals surface area contributed by atoms with Crippen LogP contribution in [0.3, 0.4) is 0 Å². The van der Waals surface area contributed by atoms with Crippen molar-refractivity contribution in [1.82, 2.24) is 15.3 Å². The van der Waals surface area contributed by atoms with E-state index in [1.807, 2.05) is 0 Å². The average Bonchev–Trinajstić information content (AvgIpc) is 2.30. The molecular weight excluding hydrogens is 274 g/mol. The first-order chi connectivity index (χ1) is 7.58. The Labute approximate surface area is 102 Å². The molecule has 1 aromatic heterocycles. The maximum Gasteiger partial charge on any atom is 0.241 e. The monoisotopic (exact) mass is 287 g/mol. The van der Waals surface area contributed by atoms with Crippen molar-refractivity contribution in [3.05, 3.63) is 10.7 Å². The Morgan fingerprint density at radius 2 is 2.19 bits per heavy atom. The highest BCUT2D eigenvalue weighted by Gasteiger charge is 2.13. The van der Waals surface area contributed by atoms with E-state index in [2.05, 4.69) is 41.8 Å². The molecule has 16 heavy (non-hydrogen) atoms. The first-order valence-electron chi connectivity index (χ1n) is 4.77. The lowest BCUT2D eigenvalue weighted by Gasteiger charge is -2.14. The fourth-order valence-electron chi connectivity index (χ4n) is 1.08. The number of nitrogens with zero attached hydrogens (tertiary/aromatic N) is 2. The van der Waals surface area contributed by atoms with Crippen LogP contribution < -0.4 is 16.0 Å². The molecule has 1 heterocycles. The average molecular weight is 288 g/mol. The highest BCUT2D eigenvalue weighted by molar-refractivity contribution is 9.10. The molecule has 88 valence electrons. The van der Waals surface area contributed by atoms with E-state index in [-0.39, 0.29) is 11.9 Å². The molecule has 0 saturated carbocycles. The molecule has 1 atom stereocenters. The van der Waals surface area contributed by atoms with Crippen LogP contribution in [0.2, 0.25) is 0 Å². The lowest BCUT2D eigenvalue weighted by molar-refractivity contribution is -0.121. The maximum atomic E-state index is 11.3. The van der Waals surface area contributed by atoms with Crippen LogP contribution >= 0.6 is 15.9 Å². The van der Waals surface area contributed by atoms with Crippen molar-refractivity contribution in [3.63, 3.8) is 0 Å². The van der Waals surface area contributed by atoms with Crippen LogP contribution in [0.4, 0.5) is 11.8 Å². The zero-order valence-corrected chi connectivity index (χ0v) is 10.9. The van der Waals surface area contributed by atoms with E-state index in [1.54, 1.807) is 27.2 Å². The van der Waals surface area contributed by atoms with Crippen molar-refractivity contribution < 1.29 is 4.79 Å². The summed E-state index contributed by atoms with van der Waals surface area (Å²) in [5, 5.41) is 8.37. The summed E-state index contributed by atoms with van der Waals surface area (Å²) < 4.78 is 0.710. The van der Waals surface area contributed by atoms with Crippen LogP contribution in [0.5, 0.6) is 0 Å². The van der Waals surface area contributed by atoms with Crippen molar-refractivity contribution in [2.24, 2.45) is 0 Å². The van der Waals surface area contributed by atoms with Crippen molar-refractivity contribution in [2.45, 2.75) is 13.0 Å². The van der Waals surface area contributed by atoms with Crippen LogP contribution in [-0.4, -0.2) is 36.0 Å². The normalized spacial score (nSPS) is 11.8. The molecule has 0 radical (unpaired) electrons. The van der Waals surface area contributed by atoms with Gasteiger partial charge in [-0.15, -0.1) is 0 Å². The van der Waals surface area contributed by atoms with E-state index in [0.29, 0.717) is 16.2 Å². The molecule has 1 rings (SSSR count). The fraction of sp³-hybridized carbons (Fsp3) is 0.444. The topological polar surface area (TPSA) is 78.9 Å². The summed E-state index contributed by atoms with van der Waals surface area (Å²) in [7, 11) is 3.32. The van der Waals surface area contributed by atoms with E-state index in [4.69, 9.17) is 0 Å². The molecule has 1 amide bonds. The summed E-state index contributed by atoms with van der Waals surface area (Å²) in [6.45, 7) is 1.76. The van der Waals surface area contributed by atoms with Crippen LogP contribution in [0.15, 0.2) is 10.7 Å². The number of hydrogen-bond acceptors (Lipinski definition) is 5. The molecule has 0 saturated heterocycles. The van der Waals surface area contributed by atoms with Gasteiger partial charge in [0, 0.05) is 20.3 Å². The Morgan fingerprint density at radius 1 is 1.50 bits per heavy atom. The third-order valence-corrected chi connectivity index (χ3v) is 2.54. The van der Waals surface area contributed by atoms with Gasteiger partial charge in [-0.25, -0.2) is 4.98 Å². The van der Waals surface area contributed by atoms with E-state index >= 15 is 0 Å². The molecule has 0 fully saturated rings. The SMILES string of the molecule is CNC(=O)C(C)Nc1nc(NC)ncc1Br. The zero-order chi connectivity index (χ0) is 12.1. The minimum atomic E-state index is -0.360. The van der Waals surface area contributed by atoms with Gasteiger partial charge < -0.3 is 16.0 Å². The predicted octanol–water partition coefficient (Wildman–Crippen LogP) is 0.827. The van der Waals surface area contributed by atoms with Crippen LogP contribution in [-0.2, 0) is 4.79 Å². The van der Waals surface area contributed by atoms with Crippen molar-refractivity contribution in [1.29, 1.82) is 0 Å². The van der Waals surface area contributed by atoms with Crippen LogP contribution in [0.25, 0.3) is 0 Å². The summed E-state index contributed by atoms with van der Waals surface area (Å²) in [4.78, 5) is 19.5. The summed E-state index contributed by atoms with van der Waals surface area (Å²) in [5.41, 5.74) is 0. The van der Waals surface area contributed by atoms with Crippen LogP contribution in [0, 0.1) is 0 Å². The smallest absolute Gasteiger partial charge is 0.241 e. The van der Waals surface area contributed by atoms with Gasteiger partial charge in [0.25, 0.3) is 0 Å². The summed E-state index contributed by atoms with van der Waals surface area (Å²) in [5.74, 6) is 0.974. The molecule has 0 aliphatic heterocycles. The quantitative estimate of drug-likeness (QED) is 0.764. The standard InChI is InChI=1S/C9H14BrN5O/c1-5(8(16)11-2)14-7-6(10)4-13-9(12-3)15-7/h4-5H,1-3H3,(H,11,16)(H2,12,13,14,15). The second-order valence-corrected chi connectivity index (χ2v) is 3.97.